The molecule has 2 N–H and O–H groups in total. The Morgan fingerprint density at radius 2 is 1.44 bits per heavy atom. The minimum absolute atomic E-state index is 0.0108. The Balaban J connectivity index is 2.48. The van der Waals surface area contributed by atoms with Crippen LogP contribution in [-0.4, -0.2) is 10.2 Å². The van der Waals surface area contributed by atoms with E-state index in [4.69, 9.17) is 0 Å². The summed E-state index contributed by atoms with van der Waals surface area (Å²) in [6.07, 6.45) is 1.94. The molecule has 0 unspecified atom stereocenters. The lowest BCUT2D eigenvalue weighted by Crippen LogP contribution is -2.14. The van der Waals surface area contributed by atoms with Crippen LogP contribution in [0.3, 0.4) is 0 Å². The molecule has 0 amide bonds. The van der Waals surface area contributed by atoms with Crippen molar-refractivity contribution in [3.05, 3.63) is 43.9 Å². The van der Waals surface area contributed by atoms with Gasteiger partial charge in [-0.3, -0.25) is 9.89 Å². The van der Waals surface area contributed by atoms with Crippen LogP contribution in [0.25, 0.3) is 11.1 Å². The molecule has 0 saturated carbocycles. The lowest BCUT2D eigenvalue weighted by atomic mass is 9.80. The molecule has 0 atom stereocenters. The second-order valence-electron chi connectivity index (χ2n) is 5.29. The van der Waals surface area contributed by atoms with Crippen molar-refractivity contribution in [2.75, 3.05) is 0 Å². The van der Waals surface area contributed by atoms with Crippen LogP contribution in [0.5, 0.6) is 0 Å². The number of H-pyrrole nitrogens is 2. The van der Waals surface area contributed by atoms with Gasteiger partial charge in [0.15, 0.2) is 0 Å². The van der Waals surface area contributed by atoms with Crippen molar-refractivity contribution >= 4 is 0 Å². The Morgan fingerprint density at radius 1 is 0.778 bits per heavy atom. The van der Waals surface area contributed by atoms with Crippen molar-refractivity contribution in [2.24, 2.45) is 0 Å². The van der Waals surface area contributed by atoms with Gasteiger partial charge in [-0.2, -0.15) is 0 Å². The van der Waals surface area contributed by atoms with E-state index in [1.54, 1.807) is 0 Å². The van der Waals surface area contributed by atoms with Gasteiger partial charge in [-0.15, -0.1) is 0 Å². The minimum atomic E-state index is 0.0108. The van der Waals surface area contributed by atoms with Crippen LogP contribution in [-0.2, 0) is 12.8 Å². The predicted molar refractivity (Wildman–Crippen MR) is 73.2 cm³/mol. The molecule has 2 aromatic rings. The number of hydrogen-bond acceptors (Lipinski definition) is 1. The average Bonchev–Trinajstić information content (AvgIpc) is 2.75. The van der Waals surface area contributed by atoms with Crippen LogP contribution >= 0.6 is 0 Å². The third kappa shape index (κ3) is 1.27. The zero-order chi connectivity index (χ0) is 13.0. The van der Waals surface area contributed by atoms with E-state index in [2.05, 4.69) is 37.9 Å². The second-order valence-corrected chi connectivity index (χ2v) is 5.29. The molecule has 18 heavy (non-hydrogen) atoms. The minimum Gasteiger partial charge on any atom is -0.302 e. The highest BCUT2D eigenvalue weighted by Gasteiger charge is 2.25. The largest absolute Gasteiger partial charge is 0.302 e. The summed E-state index contributed by atoms with van der Waals surface area (Å²) in [6.45, 7) is 8.62. The topological polar surface area (TPSA) is 48.6 Å². The van der Waals surface area contributed by atoms with Crippen LogP contribution < -0.4 is 5.56 Å². The Labute approximate surface area is 106 Å². The van der Waals surface area contributed by atoms with Gasteiger partial charge in [-0.25, -0.2) is 0 Å². The number of benzene rings is 1. The maximum Gasteiger partial charge on any atom is 0.272 e. The summed E-state index contributed by atoms with van der Waals surface area (Å²) in [5, 5.41) is 5.73. The molecule has 0 fully saturated rings. The second kappa shape index (κ2) is 3.61. The fourth-order valence-electron chi connectivity index (χ4n) is 3.14. The third-order valence-electron chi connectivity index (χ3n) is 4.55. The monoisotopic (exact) mass is 242 g/mol. The zero-order valence-electron chi connectivity index (χ0n) is 11.3. The molecule has 3 heteroatoms. The molecule has 94 valence electrons. The number of nitrogens with one attached hydrogen (secondary N) is 2. The van der Waals surface area contributed by atoms with Gasteiger partial charge in [0.25, 0.3) is 5.56 Å². The first-order chi connectivity index (χ1) is 8.52. The van der Waals surface area contributed by atoms with Gasteiger partial charge < -0.3 is 5.10 Å². The summed E-state index contributed by atoms with van der Waals surface area (Å²) in [7, 11) is 0. The molecule has 1 heterocycles. The molecule has 3 rings (SSSR count). The van der Waals surface area contributed by atoms with Gasteiger partial charge in [0.2, 0.25) is 0 Å². The molecule has 1 aromatic carbocycles. The van der Waals surface area contributed by atoms with Gasteiger partial charge in [0.05, 0.1) is 5.56 Å². The number of aromatic amines is 2. The molecule has 3 nitrogen and oxygen atoms in total. The van der Waals surface area contributed by atoms with Crippen molar-refractivity contribution in [1.29, 1.82) is 0 Å². The Morgan fingerprint density at radius 3 is 2.17 bits per heavy atom. The summed E-state index contributed by atoms with van der Waals surface area (Å²) in [5.74, 6) is 0. The average molecular weight is 242 g/mol. The fraction of sp³-hybridized carbons (Fsp3) is 0.400. The summed E-state index contributed by atoms with van der Waals surface area (Å²) in [4.78, 5) is 12.0. The van der Waals surface area contributed by atoms with Crippen LogP contribution in [0.1, 0.15) is 33.5 Å². The molecule has 0 saturated heterocycles. The van der Waals surface area contributed by atoms with E-state index in [1.165, 1.54) is 33.4 Å². The summed E-state index contributed by atoms with van der Waals surface area (Å²) in [6, 6.07) is 0. The highest BCUT2D eigenvalue weighted by molar-refractivity contribution is 5.77. The van der Waals surface area contributed by atoms with E-state index in [9.17, 15) is 4.79 Å². The Kier molecular flexibility index (Phi) is 2.27. The lowest BCUT2D eigenvalue weighted by molar-refractivity contribution is 0.869. The molecule has 0 bridgehead atoms. The van der Waals surface area contributed by atoms with Crippen molar-refractivity contribution in [3.63, 3.8) is 0 Å². The molecule has 1 aromatic heterocycles. The molecule has 1 aliphatic carbocycles. The standard InChI is InChI=1S/C15H18N2O/c1-7-8(2)10(4)13-11(9(7)3)5-6-12-14(13)15(18)17-16-12/h5-6H2,1-4H3,(H2,16,17,18). The van der Waals surface area contributed by atoms with Crippen molar-refractivity contribution in [2.45, 2.75) is 40.5 Å². The van der Waals surface area contributed by atoms with Crippen LogP contribution in [0, 0.1) is 27.7 Å². The van der Waals surface area contributed by atoms with Gasteiger partial charge in [-0.1, -0.05) is 0 Å². The summed E-state index contributed by atoms with van der Waals surface area (Å²) >= 11 is 0. The van der Waals surface area contributed by atoms with Crippen LogP contribution in [0.15, 0.2) is 4.79 Å². The van der Waals surface area contributed by atoms with Crippen molar-refractivity contribution in [1.82, 2.24) is 10.2 Å². The number of aromatic nitrogens is 2. The van der Waals surface area contributed by atoms with Gasteiger partial charge in [0.1, 0.15) is 0 Å². The number of fused-ring (bicyclic) bond motifs is 3. The van der Waals surface area contributed by atoms with Crippen LogP contribution in [0.2, 0.25) is 0 Å². The highest BCUT2D eigenvalue weighted by atomic mass is 16.1. The first-order valence-corrected chi connectivity index (χ1v) is 6.41. The zero-order valence-corrected chi connectivity index (χ0v) is 11.3. The highest BCUT2D eigenvalue weighted by Crippen LogP contribution is 2.37. The molecule has 1 aliphatic rings. The summed E-state index contributed by atoms with van der Waals surface area (Å²) in [5.41, 5.74) is 9.71. The first kappa shape index (κ1) is 11.3. The molecular formula is C15H18N2O. The maximum atomic E-state index is 12.0. The Hall–Kier alpha value is -1.77. The number of aryl methyl sites for hydroxylation is 1. The number of rotatable bonds is 0. The SMILES string of the molecule is Cc1c(C)c(C)c2c(c1C)CCc1[nH][nH]c(=O)c1-2. The Bertz CT molecular complexity index is 704. The predicted octanol–water partition coefficient (Wildman–Crippen LogP) is 2.70. The van der Waals surface area contributed by atoms with Gasteiger partial charge >= 0.3 is 0 Å². The van der Waals surface area contributed by atoms with Crippen molar-refractivity contribution in [3.8, 4) is 11.1 Å². The first-order valence-electron chi connectivity index (χ1n) is 6.41. The van der Waals surface area contributed by atoms with E-state index in [1.807, 2.05) is 0 Å². The quantitative estimate of drug-likeness (QED) is 0.733. The fourth-order valence-corrected chi connectivity index (χ4v) is 3.14. The summed E-state index contributed by atoms with van der Waals surface area (Å²) < 4.78 is 0. The smallest absolute Gasteiger partial charge is 0.272 e. The van der Waals surface area contributed by atoms with E-state index >= 15 is 0 Å². The van der Waals surface area contributed by atoms with E-state index in [0.717, 1.165) is 24.1 Å². The van der Waals surface area contributed by atoms with E-state index in [0.29, 0.717) is 0 Å². The van der Waals surface area contributed by atoms with E-state index < -0.39 is 0 Å². The lowest BCUT2D eigenvalue weighted by Gasteiger charge is -2.23. The molecule has 0 spiro atoms. The molecular weight excluding hydrogens is 224 g/mol. The third-order valence-corrected chi connectivity index (χ3v) is 4.55. The van der Waals surface area contributed by atoms with Gasteiger partial charge in [0, 0.05) is 5.69 Å². The maximum absolute atomic E-state index is 12.0. The van der Waals surface area contributed by atoms with E-state index in [-0.39, 0.29) is 5.56 Å². The van der Waals surface area contributed by atoms with Crippen LogP contribution in [0.4, 0.5) is 0 Å². The van der Waals surface area contributed by atoms with Crippen molar-refractivity contribution < 1.29 is 0 Å². The number of hydrogen-bond donors (Lipinski definition) is 2. The molecule has 0 aliphatic heterocycles. The molecule has 0 radical (unpaired) electrons. The van der Waals surface area contributed by atoms with Gasteiger partial charge in [-0.05, 0) is 73.9 Å². The normalized spacial score (nSPS) is 13.3.